The van der Waals surface area contributed by atoms with E-state index >= 15 is 0 Å². The third-order valence-electron chi connectivity index (χ3n) is 4.56. The second kappa shape index (κ2) is 7.19. The van der Waals surface area contributed by atoms with Crippen molar-refractivity contribution in [3.63, 3.8) is 0 Å². The summed E-state index contributed by atoms with van der Waals surface area (Å²) in [7, 11) is 1.70. The summed E-state index contributed by atoms with van der Waals surface area (Å²) in [6, 6.07) is 1.72. The SMILES string of the molecule is CCNC(=O)[C@H]1O[C@@H](n2cnc3c(NC)nc(-c4ccoc4)nc32)[C@H](O)[C@@H]1O. The molecular weight excluding hydrogens is 368 g/mol. The summed E-state index contributed by atoms with van der Waals surface area (Å²) < 4.78 is 12.2. The van der Waals surface area contributed by atoms with Crippen molar-refractivity contribution >= 4 is 22.9 Å². The van der Waals surface area contributed by atoms with Gasteiger partial charge < -0.3 is 30.0 Å². The van der Waals surface area contributed by atoms with Crippen molar-refractivity contribution in [2.24, 2.45) is 0 Å². The minimum atomic E-state index is -1.38. The van der Waals surface area contributed by atoms with Crippen LogP contribution in [-0.4, -0.2) is 67.5 Å². The lowest BCUT2D eigenvalue weighted by Crippen LogP contribution is -2.42. The van der Waals surface area contributed by atoms with E-state index in [-0.39, 0.29) is 0 Å². The quantitative estimate of drug-likeness (QED) is 0.469. The van der Waals surface area contributed by atoms with Crippen molar-refractivity contribution in [3.8, 4) is 11.4 Å². The molecule has 148 valence electrons. The molecule has 4 N–H and O–H groups in total. The number of ether oxygens (including phenoxy) is 1. The van der Waals surface area contributed by atoms with Gasteiger partial charge in [0.25, 0.3) is 5.91 Å². The summed E-state index contributed by atoms with van der Waals surface area (Å²) in [5.74, 6) is 0.375. The van der Waals surface area contributed by atoms with Crippen LogP contribution in [0.1, 0.15) is 13.2 Å². The van der Waals surface area contributed by atoms with Gasteiger partial charge in [0.15, 0.2) is 35.1 Å². The molecule has 0 aromatic carbocycles. The maximum Gasteiger partial charge on any atom is 0.252 e. The van der Waals surface area contributed by atoms with E-state index in [2.05, 4.69) is 25.6 Å². The molecule has 0 spiro atoms. The fourth-order valence-electron chi connectivity index (χ4n) is 3.18. The van der Waals surface area contributed by atoms with Crippen molar-refractivity contribution < 1.29 is 24.2 Å². The summed E-state index contributed by atoms with van der Waals surface area (Å²) in [6.07, 6.45) is -0.503. The van der Waals surface area contributed by atoms with Crippen LogP contribution in [0.3, 0.4) is 0 Å². The Labute approximate surface area is 159 Å². The van der Waals surface area contributed by atoms with Gasteiger partial charge in [-0.3, -0.25) is 9.36 Å². The number of likely N-dealkylation sites (N-methyl/N-ethyl adjacent to an activating group) is 1. The van der Waals surface area contributed by atoms with Crippen molar-refractivity contribution in [3.05, 3.63) is 24.9 Å². The normalized spacial score (nSPS) is 24.6. The minimum absolute atomic E-state index is 0.378. The van der Waals surface area contributed by atoms with Crippen molar-refractivity contribution in [2.75, 3.05) is 18.9 Å². The van der Waals surface area contributed by atoms with Gasteiger partial charge in [0, 0.05) is 13.6 Å². The zero-order chi connectivity index (χ0) is 19.8. The van der Waals surface area contributed by atoms with Crippen LogP contribution in [-0.2, 0) is 9.53 Å². The standard InChI is InChI=1S/C17H20N6O5/c1-3-19-16(26)12-10(24)11(25)17(28-12)23-7-20-9-14(18-2)21-13(22-15(9)23)8-4-5-27-6-8/h4-7,10-12,17,24-25H,3H2,1-2H3,(H,19,26)(H,18,21,22)/t10-,11+,12-,17+/m0/s1. The maximum atomic E-state index is 12.1. The lowest BCUT2D eigenvalue weighted by Gasteiger charge is -2.16. The van der Waals surface area contributed by atoms with Gasteiger partial charge in [-0.05, 0) is 13.0 Å². The number of hydrogen-bond acceptors (Lipinski definition) is 9. The van der Waals surface area contributed by atoms with E-state index in [0.29, 0.717) is 34.9 Å². The molecule has 1 aliphatic rings. The summed E-state index contributed by atoms with van der Waals surface area (Å²) >= 11 is 0. The van der Waals surface area contributed by atoms with Crippen LogP contribution in [0.5, 0.6) is 0 Å². The molecule has 0 bridgehead atoms. The van der Waals surface area contributed by atoms with E-state index in [1.54, 1.807) is 20.0 Å². The number of aliphatic hydroxyl groups excluding tert-OH is 2. The van der Waals surface area contributed by atoms with Gasteiger partial charge in [-0.25, -0.2) is 15.0 Å². The molecule has 0 aliphatic carbocycles. The van der Waals surface area contributed by atoms with Gasteiger partial charge in [-0.15, -0.1) is 0 Å². The molecule has 1 amide bonds. The highest BCUT2D eigenvalue weighted by atomic mass is 16.6. The van der Waals surface area contributed by atoms with Gasteiger partial charge in [-0.2, -0.15) is 0 Å². The third-order valence-corrected chi connectivity index (χ3v) is 4.56. The molecular formula is C17H20N6O5. The fraction of sp³-hybridized carbons (Fsp3) is 0.412. The van der Waals surface area contributed by atoms with Gasteiger partial charge >= 0.3 is 0 Å². The topological polar surface area (TPSA) is 148 Å². The highest BCUT2D eigenvalue weighted by molar-refractivity contribution is 5.85. The van der Waals surface area contributed by atoms with E-state index in [0.717, 1.165) is 0 Å². The minimum Gasteiger partial charge on any atom is -0.472 e. The Morgan fingerprint density at radius 3 is 2.82 bits per heavy atom. The van der Waals surface area contributed by atoms with Gasteiger partial charge in [0.1, 0.15) is 18.5 Å². The number of imidazole rings is 1. The smallest absolute Gasteiger partial charge is 0.252 e. The highest BCUT2D eigenvalue weighted by Crippen LogP contribution is 2.33. The molecule has 0 unspecified atom stereocenters. The molecule has 1 aliphatic heterocycles. The lowest BCUT2D eigenvalue weighted by atomic mass is 10.1. The fourth-order valence-corrected chi connectivity index (χ4v) is 3.18. The third kappa shape index (κ3) is 2.89. The molecule has 3 aromatic rings. The number of fused-ring (bicyclic) bond motifs is 1. The van der Waals surface area contributed by atoms with Gasteiger partial charge in [0.05, 0.1) is 18.2 Å². The predicted molar refractivity (Wildman–Crippen MR) is 97.2 cm³/mol. The Balaban J connectivity index is 1.77. The van der Waals surface area contributed by atoms with Crippen LogP contribution in [0.15, 0.2) is 29.3 Å². The molecule has 0 radical (unpaired) electrons. The molecule has 1 saturated heterocycles. The number of carbonyl (C=O) groups excluding carboxylic acids is 1. The van der Waals surface area contributed by atoms with Crippen LogP contribution >= 0.6 is 0 Å². The predicted octanol–water partition coefficient (Wildman–Crippen LogP) is -0.117. The number of furan rings is 1. The number of aromatic nitrogens is 4. The number of nitrogens with one attached hydrogen (secondary N) is 2. The Bertz CT molecular complexity index is 988. The Hall–Kier alpha value is -3.02. The van der Waals surface area contributed by atoms with Crippen LogP contribution in [0.2, 0.25) is 0 Å². The molecule has 0 saturated carbocycles. The molecule has 3 aromatic heterocycles. The van der Waals surface area contributed by atoms with Crippen LogP contribution in [0.25, 0.3) is 22.6 Å². The first-order valence-corrected chi connectivity index (χ1v) is 8.79. The Morgan fingerprint density at radius 1 is 1.32 bits per heavy atom. The Morgan fingerprint density at radius 2 is 2.14 bits per heavy atom. The van der Waals surface area contributed by atoms with Crippen LogP contribution in [0.4, 0.5) is 5.82 Å². The summed E-state index contributed by atoms with van der Waals surface area (Å²) in [5.41, 5.74) is 1.50. The second-order valence-electron chi connectivity index (χ2n) is 6.30. The van der Waals surface area contributed by atoms with Crippen molar-refractivity contribution in [1.29, 1.82) is 0 Å². The highest BCUT2D eigenvalue weighted by Gasteiger charge is 2.47. The van der Waals surface area contributed by atoms with E-state index in [1.165, 1.54) is 23.4 Å². The van der Waals surface area contributed by atoms with Crippen molar-refractivity contribution in [2.45, 2.75) is 31.5 Å². The van der Waals surface area contributed by atoms with Crippen LogP contribution in [0, 0.1) is 0 Å². The number of carbonyl (C=O) groups is 1. The van der Waals surface area contributed by atoms with E-state index < -0.39 is 30.4 Å². The number of rotatable bonds is 5. The molecule has 28 heavy (non-hydrogen) atoms. The molecule has 11 heteroatoms. The largest absolute Gasteiger partial charge is 0.472 e. The number of anilines is 1. The summed E-state index contributed by atoms with van der Waals surface area (Å²) in [4.78, 5) is 25.4. The zero-order valence-electron chi connectivity index (χ0n) is 15.2. The molecule has 4 atom stereocenters. The number of aliphatic hydroxyl groups is 2. The first-order valence-electron chi connectivity index (χ1n) is 8.79. The maximum absolute atomic E-state index is 12.1. The second-order valence-corrected chi connectivity index (χ2v) is 6.30. The first-order chi connectivity index (χ1) is 13.5. The van der Waals surface area contributed by atoms with E-state index in [9.17, 15) is 15.0 Å². The van der Waals surface area contributed by atoms with Crippen LogP contribution < -0.4 is 10.6 Å². The molecule has 1 fully saturated rings. The molecule has 4 rings (SSSR count). The average molecular weight is 388 g/mol. The number of nitrogens with zero attached hydrogens (tertiary/aromatic N) is 4. The Kier molecular flexibility index (Phi) is 4.71. The van der Waals surface area contributed by atoms with Gasteiger partial charge in [0.2, 0.25) is 0 Å². The average Bonchev–Trinajstić information content (AvgIpc) is 3.42. The lowest BCUT2D eigenvalue weighted by molar-refractivity contribution is -0.137. The summed E-state index contributed by atoms with van der Waals surface area (Å²) in [6.45, 7) is 2.14. The van der Waals surface area contributed by atoms with E-state index in [4.69, 9.17) is 9.15 Å². The van der Waals surface area contributed by atoms with E-state index in [1.807, 2.05) is 0 Å². The number of hydrogen-bond donors (Lipinski definition) is 4. The zero-order valence-corrected chi connectivity index (χ0v) is 15.2. The first kappa shape index (κ1) is 18.3. The summed E-state index contributed by atoms with van der Waals surface area (Å²) in [5, 5.41) is 26.3. The van der Waals surface area contributed by atoms with Gasteiger partial charge in [-0.1, -0.05) is 0 Å². The number of amides is 1. The molecule has 4 heterocycles. The van der Waals surface area contributed by atoms with Crippen molar-refractivity contribution in [1.82, 2.24) is 24.8 Å². The molecule has 11 nitrogen and oxygen atoms in total. The monoisotopic (exact) mass is 388 g/mol.